The van der Waals surface area contributed by atoms with Gasteiger partial charge in [-0.1, -0.05) is 10.6 Å². The summed E-state index contributed by atoms with van der Waals surface area (Å²) < 4.78 is 33.0. The van der Waals surface area contributed by atoms with Crippen LogP contribution in [0.4, 0.5) is 13.2 Å². The summed E-state index contributed by atoms with van der Waals surface area (Å²) in [7, 11) is 0. The second kappa shape index (κ2) is 9.36. The summed E-state index contributed by atoms with van der Waals surface area (Å²) in [4.78, 5) is 31.0. The summed E-state index contributed by atoms with van der Waals surface area (Å²) in [6, 6.07) is 1.57. The Balaban J connectivity index is 0.000000758. The van der Waals surface area contributed by atoms with Gasteiger partial charge in [0.25, 0.3) is 5.91 Å². The van der Waals surface area contributed by atoms with E-state index in [1.807, 2.05) is 0 Å². The van der Waals surface area contributed by atoms with Crippen molar-refractivity contribution in [3.8, 4) is 12.3 Å². The number of rotatable bonds is 5. The predicted octanol–water partition coefficient (Wildman–Crippen LogP) is -0.716. The standard InChI is InChI=1S/C13H15N3O3.C2HF3O2/c1-4-13(2,3)15-12(19)10-5-7-16(14-9-10)8-6-11(17)18;3-2(4,5)1(6)7/h1,5,7,9H,6,8H2,2-3H3,(H-,15,17,18,19);(H,6,7). The van der Waals surface area contributed by atoms with Crippen molar-refractivity contribution in [3.05, 3.63) is 24.0 Å². The number of hydrogen-bond acceptors (Lipinski definition) is 5. The second-order valence-corrected chi connectivity index (χ2v) is 5.33. The first-order chi connectivity index (χ1) is 11.8. The molecule has 0 bridgehead atoms. The number of aliphatic carboxylic acids is 2. The number of carboxylic acids is 2. The van der Waals surface area contributed by atoms with Gasteiger partial charge in [0.15, 0.2) is 12.7 Å². The van der Waals surface area contributed by atoms with Crippen LogP contribution >= 0.6 is 0 Å². The summed E-state index contributed by atoms with van der Waals surface area (Å²) in [5.41, 5.74) is -0.360. The number of carbonyl (C=O) groups is 3. The number of nitrogens with one attached hydrogen (secondary N) is 1. The molecule has 1 aromatic heterocycles. The summed E-state index contributed by atoms with van der Waals surface area (Å²) in [5.74, 6) is -1.76. The van der Waals surface area contributed by atoms with Gasteiger partial charge in [0, 0.05) is 6.07 Å². The Morgan fingerprint density at radius 1 is 1.38 bits per heavy atom. The van der Waals surface area contributed by atoms with Crippen LogP contribution in [0.25, 0.3) is 0 Å². The van der Waals surface area contributed by atoms with Crippen molar-refractivity contribution < 1.29 is 42.4 Å². The summed E-state index contributed by atoms with van der Waals surface area (Å²) in [6.45, 7) is 3.69. The fourth-order valence-corrected chi connectivity index (χ4v) is 1.25. The molecule has 142 valence electrons. The fourth-order valence-electron chi connectivity index (χ4n) is 1.25. The molecule has 1 rings (SSSR count). The number of terminal acetylenes is 1. The van der Waals surface area contributed by atoms with Crippen molar-refractivity contribution in [3.63, 3.8) is 0 Å². The molecule has 0 radical (unpaired) electrons. The van der Waals surface area contributed by atoms with Crippen LogP contribution in [0, 0.1) is 12.3 Å². The number of hydrogen-bond donors (Lipinski definition) is 2. The van der Waals surface area contributed by atoms with Gasteiger partial charge in [0.05, 0.1) is 11.1 Å². The van der Waals surface area contributed by atoms with Crippen LogP contribution in [0.2, 0.25) is 0 Å². The zero-order chi connectivity index (χ0) is 20.5. The molecule has 0 aliphatic heterocycles. The van der Waals surface area contributed by atoms with Crippen molar-refractivity contribution in [2.24, 2.45) is 0 Å². The highest BCUT2D eigenvalue weighted by Gasteiger charge is 2.28. The van der Waals surface area contributed by atoms with E-state index in [4.69, 9.17) is 21.4 Å². The maximum atomic E-state index is 11.8. The van der Waals surface area contributed by atoms with E-state index in [9.17, 15) is 22.8 Å². The molecule has 0 aliphatic carbocycles. The Bertz CT molecular complexity index is 694. The monoisotopic (exact) mass is 375 g/mol. The molecule has 1 amide bonds. The number of nitrogens with zero attached hydrogens (tertiary/aromatic N) is 2. The molecule has 0 aromatic carbocycles. The van der Waals surface area contributed by atoms with Crippen molar-refractivity contribution >= 4 is 17.8 Å². The Kier molecular flexibility index (Phi) is 8.22. The molecule has 8 nitrogen and oxygen atoms in total. The van der Waals surface area contributed by atoms with Crippen molar-refractivity contribution in [1.29, 1.82) is 0 Å². The largest absolute Gasteiger partial charge is 0.542 e. The number of carboxylic acid groups (broad SMARTS) is 2. The number of aryl methyl sites for hydroxylation is 1. The third kappa shape index (κ3) is 9.21. The minimum Gasteiger partial charge on any atom is -0.542 e. The highest BCUT2D eigenvalue weighted by molar-refractivity contribution is 5.94. The average Bonchev–Trinajstić information content (AvgIpc) is 2.52. The van der Waals surface area contributed by atoms with Gasteiger partial charge >= 0.3 is 12.1 Å². The predicted molar refractivity (Wildman–Crippen MR) is 78.1 cm³/mol. The molecule has 2 N–H and O–H groups in total. The van der Waals surface area contributed by atoms with Gasteiger partial charge in [-0.25, -0.2) is 0 Å². The Hall–Kier alpha value is -3.16. The Labute approximate surface area is 146 Å². The molecule has 1 heterocycles. The molecule has 0 saturated carbocycles. The van der Waals surface area contributed by atoms with Gasteiger partial charge in [0.2, 0.25) is 0 Å². The molecule has 0 unspecified atom stereocenters. The molecule has 0 fully saturated rings. The maximum absolute atomic E-state index is 11.8. The van der Waals surface area contributed by atoms with Crippen molar-refractivity contribution in [1.82, 2.24) is 10.4 Å². The second-order valence-electron chi connectivity index (χ2n) is 5.33. The third-order valence-electron chi connectivity index (χ3n) is 2.61. The fraction of sp³-hybridized carbons (Fsp3) is 0.400. The van der Waals surface area contributed by atoms with Gasteiger partial charge in [-0.15, -0.1) is 6.42 Å². The van der Waals surface area contributed by atoms with Crippen LogP contribution in [0.5, 0.6) is 0 Å². The number of aromatic nitrogens is 2. The summed E-state index contributed by atoms with van der Waals surface area (Å²) >= 11 is 0. The van der Waals surface area contributed by atoms with Crippen LogP contribution < -0.4 is 15.1 Å². The van der Waals surface area contributed by atoms with Gasteiger partial charge in [-0.05, 0) is 18.9 Å². The number of amides is 1. The third-order valence-corrected chi connectivity index (χ3v) is 2.61. The van der Waals surface area contributed by atoms with Crippen molar-refractivity contribution in [2.75, 3.05) is 0 Å². The van der Waals surface area contributed by atoms with Gasteiger partial charge in [-0.3, -0.25) is 9.59 Å². The van der Waals surface area contributed by atoms with Gasteiger partial charge < -0.3 is 20.3 Å². The summed E-state index contributed by atoms with van der Waals surface area (Å²) in [6.07, 6.45) is 3.00. The highest BCUT2D eigenvalue weighted by atomic mass is 19.4. The SMILES string of the molecule is C#CC(C)(C)NC(=O)c1cc[n+](CCC(=O)O)nc1.O=C([O-])C(F)(F)F. The van der Waals surface area contributed by atoms with Crippen LogP contribution in [-0.2, 0) is 16.1 Å². The average molecular weight is 375 g/mol. The first-order valence-corrected chi connectivity index (χ1v) is 6.94. The quantitative estimate of drug-likeness (QED) is 0.517. The molecule has 0 spiro atoms. The number of halogens is 3. The van der Waals surface area contributed by atoms with E-state index in [1.54, 1.807) is 26.1 Å². The van der Waals surface area contributed by atoms with E-state index in [1.165, 1.54) is 10.9 Å². The minimum absolute atomic E-state index is 0.0205. The van der Waals surface area contributed by atoms with Crippen LogP contribution in [0.1, 0.15) is 30.6 Å². The molecule has 1 aromatic rings. The zero-order valence-electron chi connectivity index (χ0n) is 13.8. The molecule has 0 saturated heterocycles. The first-order valence-electron chi connectivity index (χ1n) is 6.94. The smallest absolute Gasteiger partial charge is 0.430 e. The first kappa shape index (κ1) is 22.8. The van der Waals surface area contributed by atoms with E-state index in [-0.39, 0.29) is 18.9 Å². The topological polar surface area (TPSA) is 123 Å². The lowest BCUT2D eigenvalue weighted by molar-refractivity contribution is -0.753. The molecule has 26 heavy (non-hydrogen) atoms. The normalized spacial score (nSPS) is 10.8. The molecular weight excluding hydrogens is 359 g/mol. The highest BCUT2D eigenvalue weighted by Crippen LogP contribution is 2.11. The molecule has 0 aliphatic rings. The Morgan fingerprint density at radius 2 is 1.92 bits per heavy atom. The van der Waals surface area contributed by atoms with Crippen LogP contribution in [-0.4, -0.2) is 39.8 Å². The number of carbonyl (C=O) groups excluding carboxylic acids is 2. The van der Waals surface area contributed by atoms with E-state index < -0.39 is 23.7 Å². The minimum atomic E-state index is -5.19. The van der Waals surface area contributed by atoms with Gasteiger partial charge in [0.1, 0.15) is 18.6 Å². The number of alkyl halides is 3. The lowest BCUT2D eigenvalue weighted by atomic mass is 10.1. The van der Waals surface area contributed by atoms with E-state index in [0.717, 1.165) is 0 Å². The lowest BCUT2D eigenvalue weighted by Crippen LogP contribution is -2.43. The molecule has 0 atom stereocenters. The lowest BCUT2D eigenvalue weighted by Gasteiger charge is -2.18. The van der Waals surface area contributed by atoms with Crippen LogP contribution in [0.3, 0.4) is 0 Å². The zero-order valence-corrected chi connectivity index (χ0v) is 13.8. The Morgan fingerprint density at radius 3 is 2.27 bits per heavy atom. The van der Waals surface area contributed by atoms with E-state index in [0.29, 0.717) is 5.56 Å². The molecular formula is C15H16F3N3O5. The van der Waals surface area contributed by atoms with Crippen LogP contribution in [0.15, 0.2) is 18.5 Å². The van der Waals surface area contributed by atoms with E-state index in [2.05, 4.69) is 16.3 Å². The maximum Gasteiger partial charge on any atom is 0.430 e. The van der Waals surface area contributed by atoms with Gasteiger partial charge in [-0.2, -0.15) is 13.2 Å². The van der Waals surface area contributed by atoms with E-state index >= 15 is 0 Å². The summed E-state index contributed by atoms with van der Waals surface area (Å²) in [5, 5.41) is 24.0. The molecule has 11 heteroatoms. The van der Waals surface area contributed by atoms with Crippen molar-refractivity contribution in [2.45, 2.75) is 38.5 Å².